The van der Waals surface area contributed by atoms with E-state index < -0.39 is 51.1 Å². The van der Waals surface area contributed by atoms with Crippen LogP contribution >= 0.6 is 0 Å². The first kappa shape index (κ1) is 47.4. The van der Waals surface area contributed by atoms with Gasteiger partial charge in [-0.2, -0.15) is 0 Å². The van der Waals surface area contributed by atoms with Gasteiger partial charge in [0.1, 0.15) is 17.1 Å². The van der Waals surface area contributed by atoms with Gasteiger partial charge in [0.15, 0.2) is 0 Å². The molecule has 62 heavy (non-hydrogen) atoms. The van der Waals surface area contributed by atoms with Gasteiger partial charge in [0, 0.05) is 18.2 Å². The van der Waals surface area contributed by atoms with Crippen LogP contribution in [0, 0.1) is 20.2 Å². The molecule has 0 fully saturated rings. The van der Waals surface area contributed by atoms with E-state index >= 15 is 0 Å². The summed E-state index contributed by atoms with van der Waals surface area (Å²) in [5.74, 6) is -3.57. The Balaban J connectivity index is 1.22. The molecule has 0 aromatic heterocycles. The number of carbonyl (C=O) groups is 5. The minimum absolute atomic E-state index is 0.0233. The fraction of sp³-hybridized carbons (Fsp3) is 0.326. The lowest BCUT2D eigenvalue weighted by Crippen LogP contribution is -2.14. The minimum Gasteiger partial charge on any atom is -0.466 e. The molecule has 0 atom stereocenters. The summed E-state index contributed by atoms with van der Waals surface area (Å²) in [7, 11) is 1.27. The van der Waals surface area contributed by atoms with Gasteiger partial charge in [0.2, 0.25) is 0 Å². The smallest absolute Gasteiger partial charge is 0.343 e. The Bertz CT molecular complexity index is 2200. The van der Waals surface area contributed by atoms with E-state index in [9.17, 15) is 44.2 Å². The van der Waals surface area contributed by atoms with Gasteiger partial charge in [0.25, 0.3) is 11.4 Å². The van der Waals surface area contributed by atoms with Crippen LogP contribution in [-0.2, 0) is 25.4 Å². The topological polar surface area (TPSA) is 218 Å². The van der Waals surface area contributed by atoms with E-state index in [2.05, 4.69) is 11.7 Å². The summed E-state index contributed by atoms with van der Waals surface area (Å²) >= 11 is 0. The third-order valence-corrected chi connectivity index (χ3v) is 9.39. The first-order valence-corrected chi connectivity index (χ1v) is 20.2. The summed E-state index contributed by atoms with van der Waals surface area (Å²) in [6, 6.07) is 20.0. The van der Waals surface area contributed by atoms with Crippen LogP contribution in [-0.4, -0.2) is 60.0 Å². The number of aryl methyl sites for hydroxylation is 1. The fourth-order valence-electron chi connectivity index (χ4n) is 6.06. The van der Waals surface area contributed by atoms with Gasteiger partial charge >= 0.3 is 29.8 Å². The molecular formula is C46H48N2O14. The van der Waals surface area contributed by atoms with E-state index in [1.54, 1.807) is 24.3 Å². The molecule has 0 aliphatic rings. The number of unbranched alkanes of at least 4 members (excludes halogenated alkanes) is 8. The molecule has 0 aliphatic heterocycles. The van der Waals surface area contributed by atoms with E-state index in [1.807, 2.05) is 12.1 Å². The molecule has 0 saturated carbocycles. The monoisotopic (exact) mass is 852 g/mol. The Hall–Kier alpha value is -7.23. The predicted molar refractivity (Wildman–Crippen MR) is 226 cm³/mol. The quantitative estimate of drug-likeness (QED) is 0.0122. The standard InChI is InChI=1S/C46H48N2O14/c1-3-13-32-14-19-35(20-15-32)45(52)62-41-24-23-39(61-44(51)34-21-16-33(17-22-34)18-25-42(49)58-2)31-40(41)46(53)60-27-12-10-8-6-4-5-7-9-11-26-59-43(50)36-28-37(47(54)55)30-38(29-36)48(56)57/h14-25,28-31H,3-13,26-27H2,1-2H3/b25-18+. The number of hydrogen-bond donors (Lipinski definition) is 0. The van der Waals surface area contributed by atoms with Gasteiger partial charge in [-0.25, -0.2) is 24.0 Å². The largest absolute Gasteiger partial charge is 0.466 e. The van der Waals surface area contributed by atoms with E-state index in [-0.39, 0.29) is 41.4 Å². The summed E-state index contributed by atoms with van der Waals surface area (Å²) < 4.78 is 26.5. The van der Waals surface area contributed by atoms with Crippen molar-refractivity contribution in [2.24, 2.45) is 0 Å². The van der Waals surface area contributed by atoms with Crippen molar-refractivity contribution in [3.63, 3.8) is 0 Å². The van der Waals surface area contributed by atoms with Crippen LogP contribution in [0.1, 0.15) is 124 Å². The Kier molecular flexibility index (Phi) is 18.9. The lowest BCUT2D eigenvalue weighted by Gasteiger charge is -2.13. The third kappa shape index (κ3) is 15.4. The second-order valence-electron chi connectivity index (χ2n) is 14.1. The number of hydrogen-bond acceptors (Lipinski definition) is 14. The Morgan fingerprint density at radius 3 is 1.63 bits per heavy atom. The van der Waals surface area contributed by atoms with Gasteiger partial charge in [-0.05, 0) is 78.9 Å². The second kappa shape index (κ2) is 24.8. The minimum atomic E-state index is -0.864. The molecule has 0 N–H and O–H groups in total. The van der Waals surface area contributed by atoms with Crippen LogP contribution in [0.25, 0.3) is 6.08 Å². The van der Waals surface area contributed by atoms with Gasteiger partial charge < -0.3 is 23.7 Å². The molecular weight excluding hydrogens is 805 g/mol. The second-order valence-corrected chi connectivity index (χ2v) is 14.1. The lowest BCUT2D eigenvalue weighted by atomic mass is 10.1. The van der Waals surface area contributed by atoms with Crippen LogP contribution < -0.4 is 9.47 Å². The SMILES string of the molecule is CCCc1ccc(C(=O)Oc2ccc(OC(=O)c3ccc(/C=C/C(=O)OC)cc3)cc2C(=O)OCCCCCCCCCCCOC(=O)c2cc([N+](=O)[O-])cc([N+](=O)[O-])c2)cc1. The molecule has 16 heteroatoms. The van der Waals surface area contributed by atoms with E-state index in [1.165, 1.54) is 49.6 Å². The number of carbonyl (C=O) groups excluding carboxylic acids is 5. The highest BCUT2D eigenvalue weighted by molar-refractivity contribution is 5.97. The Morgan fingerprint density at radius 2 is 1.10 bits per heavy atom. The molecule has 0 saturated heterocycles. The molecule has 0 spiro atoms. The van der Waals surface area contributed by atoms with Crippen LogP contribution in [0.3, 0.4) is 0 Å². The third-order valence-electron chi connectivity index (χ3n) is 9.39. The molecule has 0 amide bonds. The van der Waals surface area contributed by atoms with Crippen molar-refractivity contribution >= 4 is 47.3 Å². The highest BCUT2D eigenvalue weighted by Crippen LogP contribution is 2.28. The van der Waals surface area contributed by atoms with Crippen molar-refractivity contribution in [2.75, 3.05) is 20.3 Å². The lowest BCUT2D eigenvalue weighted by molar-refractivity contribution is -0.394. The molecule has 4 rings (SSSR count). The summed E-state index contributed by atoms with van der Waals surface area (Å²) in [6.07, 6.45) is 12.0. The molecule has 16 nitrogen and oxygen atoms in total. The zero-order chi connectivity index (χ0) is 44.9. The first-order valence-electron chi connectivity index (χ1n) is 20.2. The molecule has 0 bridgehead atoms. The number of nitro benzene ring substituents is 2. The van der Waals surface area contributed by atoms with Gasteiger partial charge in [0.05, 0.1) is 52.9 Å². The van der Waals surface area contributed by atoms with Gasteiger partial charge in [-0.15, -0.1) is 0 Å². The number of non-ortho nitro benzene ring substituents is 2. The average Bonchev–Trinajstić information content (AvgIpc) is 3.27. The molecule has 0 aliphatic carbocycles. The number of esters is 5. The zero-order valence-electron chi connectivity index (χ0n) is 34.5. The van der Waals surface area contributed by atoms with Crippen molar-refractivity contribution in [3.05, 3.63) is 145 Å². The first-order chi connectivity index (χ1) is 29.9. The zero-order valence-corrected chi connectivity index (χ0v) is 34.5. The number of benzene rings is 4. The number of rotatable bonds is 24. The molecule has 0 radical (unpaired) electrons. The predicted octanol–water partition coefficient (Wildman–Crippen LogP) is 9.60. The molecule has 0 unspecified atom stereocenters. The van der Waals surface area contributed by atoms with Crippen LogP contribution in [0.4, 0.5) is 11.4 Å². The van der Waals surface area contributed by atoms with Crippen LogP contribution in [0.2, 0.25) is 0 Å². The Morgan fingerprint density at radius 1 is 0.581 bits per heavy atom. The summed E-state index contributed by atoms with van der Waals surface area (Å²) in [4.78, 5) is 83.7. The number of ether oxygens (including phenoxy) is 5. The molecule has 326 valence electrons. The summed E-state index contributed by atoms with van der Waals surface area (Å²) in [5.41, 5.74) is 0.743. The highest BCUT2D eigenvalue weighted by Gasteiger charge is 2.22. The highest BCUT2D eigenvalue weighted by atomic mass is 16.6. The van der Waals surface area contributed by atoms with Crippen LogP contribution in [0.15, 0.2) is 91.0 Å². The van der Waals surface area contributed by atoms with E-state index in [0.717, 1.165) is 81.5 Å². The fourth-order valence-corrected chi connectivity index (χ4v) is 6.06. The van der Waals surface area contributed by atoms with Crippen molar-refractivity contribution in [3.8, 4) is 11.5 Å². The van der Waals surface area contributed by atoms with Crippen molar-refractivity contribution in [1.82, 2.24) is 0 Å². The normalized spacial score (nSPS) is 10.8. The van der Waals surface area contributed by atoms with E-state index in [0.29, 0.717) is 24.0 Å². The van der Waals surface area contributed by atoms with Crippen molar-refractivity contribution < 1.29 is 57.5 Å². The maximum atomic E-state index is 13.4. The van der Waals surface area contributed by atoms with Crippen LogP contribution in [0.5, 0.6) is 11.5 Å². The Labute approximate surface area is 358 Å². The van der Waals surface area contributed by atoms with Crippen molar-refractivity contribution in [2.45, 2.75) is 77.6 Å². The molecule has 0 heterocycles. The molecule has 4 aromatic carbocycles. The average molecular weight is 853 g/mol. The van der Waals surface area contributed by atoms with Gasteiger partial charge in [-0.3, -0.25) is 20.2 Å². The maximum absolute atomic E-state index is 13.4. The number of nitro groups is 2. The molecule has 4 aromatic rings. The number of nitrogens with zero attached hydrogens (tertiary/aromatic N) is 2. The maximum Gasteiger partial charge on any atom is 0.343 e. The van der Waals surface area contributed by atoms with E-state index in [4.69, 9.17) is 18.9 Å². The number of methoxy groups -OCH3 is 1. The van der Waals surface area contributed by atoms with Crippen molar-refractivity contribution in [1.29, 1.82) is 0 Å². The summed E-state index contributed by atoms with van der Waals surface area (Å²) in [5, 5.41) is 22.1. The summed E-state index contributed by atoms with van der Waals surface area (Å²) in [6.45, 7) is 2.24. The van der Waals surface area contributed by atoms with Gasteiger partial charge in [-0.1, -0.05) is 82.6 Å².